The molecule has 0 aliphatic carbocycles. The number of hydrogen-bond acceptors (Lipinski definition) is 2. The normalized spacial score (nSPS) is 19.4. The fourth-order valence-corrected chi connectivity index (χ4v) is 3.05. The second kappa shape index (κ2) is 7.39. The molecule has 7 heteroatoms. The highest BCUT2D eigenvalue weighted by atomic mass is 35.5. The Morgan fingerprint density at radius 3 is 2.41 bits per heavy atom. The Labute approximate surface area is 138 Å². The van der Waals surface area contributed by atoms with Crippen molar-refractivity contribution in [3.63, 3.8) is 0 Å². The van der Waals surface area contributed by atoms with E-state index in [2.05, 4.69) is 5.32 Å². The van der Waals surface area contributed by atoms with Gasteiger partial charge in [0.15, 0.2) is 0 Å². The molecule has 1 aromatic carbocycles. The molecule has 1 heterocycles. The van der Waals surface area contributed by atoms with E-state index in [9.17, 15) is 13.2 Å². The Bertz CT molecular complexity index is 500. The van der Waals surface area contributed by atoms with Crippen molar-refractivity contribution in [2.45, 2.75) is 38.0 Å². The molecule has 1 unspecified atom stereocenters. The van der Waals surface area contributed by atoms with E-state index in [0.29, 0.717) is 36.0 Å². The summed E-state index contributed by atoms with van der Waals surface area (Å²) >= 11 is 11.9. The molecule has 1 saturated heterocycles. The van der Waals surface area contributed by atoms with Crippen LogP contribution in [-0.4, -0.2) is 36.8 Å². The predicted molar refractivity (Wildman–Crippen MR) is 83.5 cm³/mol. The van der Waals surface area contributed by atoms with E-state index in [1.54, 1.807) is 6.07 Å². The van der Waals surface area contributed by atoms with Crippen LogP contribution in [0.3, 0.4) is 0 Å². The summed E-state index contributed by atoms with van der Waals surface area (Å²) in [5.74, 6) is 0. The molecule has 1 atom stereocenters. The number of hydrogen-bond donors (Lipinski definition) is 1. The quantitative estimate of drug-likeness (QED) is 0.844. The van der Waals surface area contributed by atoms with Crippen molar-refractivity contribution in [1.29, 1.82) is 0 Å². The van der Waals surface area contributed by atoms with Crippen molar-refractivity contribution >= 4 is 23.2 Å². The minimum absolute atomic E-state index is 0.0777. The largest absolute Gasteiger partial charge is 0.401 e. The van der Waals surface area contributed by atoms with E-state index in [0.717, 1.165) is 5.56 Å². The molecule has 1 N–H and O–H groups in total. The van der Waals surface area contributed by atoms with Crippen LogP contribution in [-0.2, 0) is 0 Å². The third kappa shape index (κ3) is 5.30. The maximum Gasteiger partial charge on any atom is 0.401 e. The standard InChI is InChI=1S/C15H19Cl2F3N2/c1-10(11-2-3-13(16)14(17)8-11)21-12-4-6-22(7-5-12)9-15(18,19)20/h2-3,8,10,12,21H,4-7,9H2,1H3. The van der Waals surface area contributed by atoms with Crippen molar-refractivity contribution < 1.29 is 13.2 Å². The van der Waals surface area contributed by atoms with Crippen LogP contribution in [0.2, 0.25) is 10.0 Å². The van der Waals surface area contributed by atoms with Gasteiger partial charge in [0.2, 0.25) is 0 Å². The molecule has 2 nitrogen and oxygen atoms in total. The molecular formula is C15H19Cl2F3N2. The van der Waals surface area contributed by atoms with Crippen molar-refractivity contribution in [3.05, 3.63) is 33.8 Å². The second-order valence-corrected chi connectivity index (χ2v) is 6.54. The van der Waals surface area contributed by atoms with Crippen LogP contribution in [0.25, 0.3) is 0 Å². The zero-order valence-electron chi connectivity index (χ0n) is 12.3. The van der Waals surface area contributed by atoms with Gasteiger partial charge in [-0.2, -0.15) is 13.2 Å². The molecular weight excluding hydrogens is 336 g/mol. The summed E-state index contributed by atoms with van der Waals surface area (Å²) in [6.45, 7) is 2.13. The van der Waals surface area contributed by atoms with Gasteiger partial charge in [0, 0.05) is 12.1 Å². The molecule has 0 radical (unpaired) electrons. The highest BCUT2D eigenvalue weighted by molar-refractivity contribution is 6.42. The zero-order chi connectivity index (χ0) is 16.3. The van der Waals surface area contributed by atoms with Crippen LogP contribution >= 0.6 is 23.2 Å². The van der Waals surface area contributed by atoms with E-state index in [1.165, 1.54) is 4.90 Å². The monoisotopic (exact) mass is 354 g/mol. The van der Waals surface area contributed by atoms with E-state index >= 15 is 0 Å². The lowest BCUT2D eigenvalue weighted by Crippen LogP contribution is -2.46. The van der Waals surface area contributed by atoms with Crippen LogP contribution in [0.5, 0.6) is 0 Å². The van der Waals surface area contributed by atoms with Crippen molar-refractivity contribution in [2.75, 3.05) is 19.6 Å². The number of halogens is 5. The number of piperidine rings is 1. The van der Waals surface area contributed by atoms with Gasteiger partial charge in [0.1, 0.15) is 0 Å². The van der Waals surface area contributed by atoms with Gasteiger partial charge in [-0.15, -0.1) is 0 Å². The first-order chi connectivity index (χ1) is 10.2. The molecule has 2 rings (SSSR count). The first-order valence-electron chi connectivity index (χ1n) is 7.25. The van der Waals surface area contributed by atoms with Crippen LogP contribution in [0.1, 0.15) is 31.4 Å². The van der Waals surface area contributed by atoms with Gasteiger partial charge >= 0.3 is 6.18 Å². The van der Waals surface area contributed by atoms with Gasteiger partial charge < -0.3 is 5.32 Å². The highest BCUT2D eigenvalue weighted by Gasteiger charge is 2.32. The molecule has 0 saturated carbocycles. The topological polar surface area (TPSA) is 15.3 Å². The van der Waals surface area contributed by atoms with Crippen LogP contribution in [0.4, 0.5) is 13.2 Å². The van der Waals surface area contributed by atoms with Gasteiger partial charge in [0.05, 0.1) is 16.6 Å². The number of alkyl halides is 3. The summed E-state index contributed by atoms with van der Waals surface area (Å²) in [4.78, 5) is 1.46. The Kier molecular flexibility index (Phi) is 6.00. The molecule has 0 aromatic heterocycles. The average molecular weight is 355 g/mol. The summed E-state index contributed by atoms with van der Waals surface area (Å²) in [5.41, 5.74) is 1.02. The Balaban J connectivity index is 1.84. The smallest absolute Gasteiger partial charge is 0.307 e. The molecule has 1 aromatic rings. The van der Waals surface area contributed by atoms with Gasteiger partial charge in [-0.3, -0.25) is 4.90 Å². The number of nitrogens with zero attached hydrogens (tertiary/aromatic N) is 1. The first kappa shape index (κ1) is 17.9. The van der Waals surface area contributed by atoms with E-state index in [4.69, 9.17) is 23.2 Å². The minimum Gasteiger partial charge on any atom is -0.307 e. The van der Waals surface area contributed by atoms with Crippen molar-refractivity contribution in [1.82, 2.24) is 10.2 Å². The molecule has 0 amide bonds. The SMILES string of the molecule is CC(NC1CCN(CC(F)(F)F)CC1)c1ccc(Cl)c(Cl)c1. The summed E-state index contributed by atoms with van der Waals surface area (Å²) in [7, 11) is 0. The van der Waals surface area contributed by atoms with Crippen molar-refractivity contribution in [3.8, 4) is 0 Å². The maximum absolute atomic E-state index is 12.4. The molecule has 22 heavy (non-hydrogen) atoms. The zero-order valence-corrected chi connectivity index (χ0v) is 13.8. The van der Waals surface area contributed by atoms with Crippen LogP contribution in [0.15, 0.2) is 18.2 Å². The number of benzene rings is 1. The predicted octanol–water partition coefficient (Wildman–Crippen LogP) is 4.67. The van der Waals surface area contributed by atoms with Gasteiger partial charge in [-0.25, -0.2) is 0 Å². The molecule has 1 aliphatic heterocycles. The average Bonchev–Trinajstić information content (AvgIpc) is 2.42. The van der Waals surface area contributed by atoms with Gasteiger partial charge in [-0.1, -0.05) is 29.3 Å². The van der Waals surface area contributed by atoms with Crippen molar-refractivity contribution in [2.24, 2.45) is 0 Å². The fourth-order valence-electron chi connectivity index (χ4n) is 2.74. The Morgan fingerprint density at radius 2 is 1.86 bits per heavy atom. The third-order valence-corrected chi connectivity index (χ3v) is 4.66. The first-order valence-corrected chi connectivity index (χ1v) is 8.00. The summed E-state index contributed by atoms with van der Waals surface area (Å²) < 4.78 is 37.1. The summed E-state index contributed by atoms with van der Waals surface area (Å²) in [6.07, 6.45) is -2.70. The number of likely N-dealkylation sites (tertiary alicyclic amines) is 1. The maximum atomic E-state index is 12.4. The summed E-state index contributed by atoms with van der Waals surface area (Å²) in [5, 5.41) is 4.47. The third-order valence-electron chi connectivity index (χ3n) is 3.92. The Hall–Kier alpha value is -0.490. The molecule has 1 aliphatic rings. The highest BCUT2D eigenvalue weighted by Crippen LogP contribution is 2.26. The minimum atomic E-state index is -4.12. The lowest BCUT2D eigenvalue weighted by molar-refractivity contribution is -0.148. The van der Waals surface area contributed by atoms with Crippen LogP contribution in [0, 0.1) is 0 Å². The van der Waals surface area contributed by atoms with Gasteiger partial charge in [-0.05, 0) is 50.6 Å². The number of rotatable bonds is 4. The second-order valence-electron chi connectivity index (χ2n) is 5.73. The molecule has 1 fully saturated rings. The lowest BCUT2D eigenvalue weighted by atomic mass is 10.0. The van der Waals surface area contributed by atoms with Gasteiger partial charge in [0.25, 0.3) is 0 Å². The Morgan fingerprint density at radius 1 is 1.23 bits per heavy atom. The van der Waals surface area contributed by atoms with Crippen LogP contribution < -0.4 is 5.32 Å². The number of nitrogens with one attached hydrogen (secondary N) is 1. The molecule has 0 spiro atoms. The summed E-state index contributed by atoms with van der Waals surface area (Å²) in [6, 6.07) is 5.77. The van der Waals surface area contributed by atoms with E-state index < -0.39 is 12.7 Å². The van der Waals surface area contributed by atoms with E-state index in [-0.39, 0.29) is 12.1 Å². The molecule has 0 bridgehead atoms. The fraction of sp³-hybridized carbons (Fsp3) is 0.600. The molecule has 124 valence electrons. The van der Waals surface area contributed by atoms with E-state index in [1.807, 2.05) is 19.1 Å². The lowest BCUT2D eigenvalue weighted by Gasteiger charge is -2.34.